The topological polar surface area (TPSA) is 89.4 Å². The largest absolute Gasteiger partial charge is 0.508 e. The number of nitrogens with zero attached hydrogens (tertiary/aromatic N) is 1. The van der Waals surface area contributed by atoms with Crippen molar-refractivity contribution < 1.29 is 24.1 Å². The summed E-state index contributed by atoms with van der Waals surface area (Å²) in [6, 6.07) is 9.20. The minimum Gasteiger partial charge on any atom is -0.508 e. The monoisotopic (exact) mass is 330 g/mol. The first kappa shape index (κ1) is 17.1. The first-order valence-corrected chi connectivity index (χ1v) is 7.01. The van der Waals surface area contributed by atoms with E-state index in [-0.39, 0.29) is 5.75 Å². The number of nitrogens with one attached hydrogen (secondary N) is 1. The molecular weight excluding hydrogens is 312 g/mol. The van der Waals surface area contributed by atoms with Gasteiger partial charge in [-0.25, -0.2) is 5.43 Å². The lowest BCUT2D eigenvalue weighted by atomic mass is 10.2. The number of phenolic OH excluding ortho intramolecular Hbond substituents is 1. The molecule has 0 aliphatic rings. The highest BCUT2D eigenvalue weighted by Crippen LogP contribution is 2.33. The number of ether oxygens (including phenoxy) is 3. The zero-order valence-electron chi connectivity index (χ0n) is 13.6. The summed E-state index contributed by atoms with van der Waals surface area (Å²) in [6.07, 6.45) is 1.44. The van der Waals surface area contributed by atoms with Gasteiger partial charge in [-0.15, -0.1) is 0 Å². The van der Waals surface area contributed by atoms with Gasteiger partial charge in [0.05, 0.1) is 27.5 Å². The van der Waals surface area contributed by atoms with Crippen molar-refractivity contribution in [2.75, 3.05) is 21.3 Å². The van der Waals surface area contributed by atoms with Crippen LogP contribution in [0.5, 0.6) is 23.0 Å². The lowest BCUT2D eigenvalue weighted by Crippen LogP contribution is -2.17. The predicted molar refractivity (Wildman–Crippen MR) is 89.3 cm³/mol. The molecule has 0 fully saturated rings. The van der Waals surface area contributed by atoms with Gasteiger partial charge in [0.15, 0.2) is 11.5 Å². The van der Waals surface area contributed by atoms with Crippen LogP contribution in [0.4, 0.5) is 0 Å². The number of benzene rings is 2. The summed E-state index contributed by atoms with van der Waals surface area (Å²) < 4.78 is 15.7. The van der Waals surface area contributed by atoms with Crippen LogP contribution in [-0.4, -0.2) is 38.6 Å². The van der Waals surface area contributed by atoms with Gasteiger partial charge < -0.3 is 19.3 Å². The van der Waals surface area contributed by atoms with Gasteiger partial charge in [-0.05, 0) is 30.3 Å². The van der Waals surface area contributed by atoms with E-state index in [9.17, 15) is 9.90 Å². The van der Waals surface area contributed by atoms with Crippen LogP contribution in [0.1, 0.15) is 15.9 Å². The SMILES string of the molecule is COc1cc(OC)c(OC)cc1/C=N\NC(=O)c1ccc(O)cc1. The smallest absolute Gasteiger partial charge is 0.271 e. The van der Waals surface area contributed by atoms with Gasteiger partial charge in [-0.2, -0.15) is 5.10 Å². The third-order valence-corrected chi connectivity index (χ3v) is 3.24. The van der Waals surface area contributed by atoms with Crippen molar-refractivity contribution in [1.82, 2.24) is 5.43 Å². The van der Waals surface area contributed by atoms with Gasteiger partial charge in [-0.3, -0.25) is 4.79 Å². The minimum absolute atomic E-state index is 0.0881. The average molecular weight is 330 g/mol. The Balaban J connectivity index is 2.16. The summed E-state index contributed by atoms with van der Waals surface area (Å²) in [5.74, 6) is 1.26. The van der Waals surface area contributed by atoms with Gasteiger partial charge in [0, 0.05) is 17.2 Å². The molecule has 0 aliphatic heterocycles. The highest BCUT2D eigenvalue weighted by Gasteiger charge is 2.10. The molecule has 7 nitrogen and oxygen atoms in total. The molecule has 0 saturated heterocycles. The average Bonchev–Trinajstić information content (AvgIpc) is 2.61. The molecule has 0 aromatic heterocycles. The highest BCUT2D eigenvalue weighted by atomic mass is 16.5. The molecule has 2 aromatic carbocycles. The molecule has 0 atom stereocenters. The Hall–Kier alpha value is -3.22. The Morgan fingerprint density at radius 1 is 1.00 bits per heavy atom. The molecule has 0 aliphatic carbocycles. The van der Waals surface area contributed by atoms with E-state index in [1.165, 1.54) is 51.8 Å². The number of hydrazone groups is 1. The van der Waals surface area contributed by atoms with E-state index in [0.29, 0.717) is 28.4 Å². The molecule has 24 heavy (non-hydrogen) atoms. The fourth-order valence-electron chi connectivity index (χ4n) is 1.99. The van der Waals surface area contributed by atoms with E-state index in [1.807, 2.05) is 0 Å². The van der Waals surface area contributed by atoms with E-state index >= 15 is 0 Å². The molecule has 126 valence electrons. The van der Waals surface area contributed by atoms with Crippen LogP contribution in [0.3, 0.4) is 0 Å². The van der Waals surface area contributed by atoms with Gasteiger partial charge in [0.2, 0.25) is 0 Å². The molecular formula is C17H18N2O5. The zero-order chi connectivity index (χ0) is 17.5. The fraction of sp³-hybridized carbons (Fsp3) is 0.176. The van der Waals surface area contributed by atoms with Crippen LogP contribution < -0.4 is 19.6 Å². The summed E-state index contributed by atoms with van der Waals surface area (Å²) in [5, 5.41) is 13.1. The van der Waals surface area contributed by atoms with Crippen LogP contribution in [0, 0.1) is 0 Å². The molecule has 0 heterocycles. The number of hydrogen-bond donors (Lipinski definition) is 2. The summed E-state index contributed by atoms with van der Waals surface area (Å²) in [5.41, 5.74) is 3.40. The van der Waals surface area contributed by atoms with Crippen molar-refractivity contribution in [2.45, 2.75) is 0 Å². The van der Waals surface area contributed by atoms with Crippen molar-refractivity contribution >= 4 is 12.1 Å². The molecule has 0 saturated carbocycles. The standard InChI is InChI=1S/C17H18N2O5/c1-22-14-9-16(24-3)15(23-2)8-12(14)10-18-19-17(21)11-4-6-13(20)7-5-11/h4-10,20H,1-3H3,(H,19,21)/b18-10-. The molecule has 0 unspecified atom stereocenters. The van der Waals surface area contributed by atoms with Gasteiger partial charge in [0.1, 0.15) is 11.5 Å². The third-order valence-electron chi connectivity index (χ3n) is 3.24. The number of amides is 1. The van der Waals surface area contributed by atoms with Gasteiger partial charge in [0.25, 0.3) is 5.91 Å². The minimum atomic E-state index is -0.398. The Morgan fingerprint density at radius 2 is 1.58 bits per heavy atom. The summed E-state index contributed by atoms with van der Waals surface area (Å²) in [7, 11) is 4.58. The second-order valence-electron chi connectivity index (χ2n) is 4.70. The fourth-order valence-corrected chi connectivity index (χ4v) is 1.99. The molecule has 7 heteroatoms. The third kappa shape index (κ3) is 3.95. The van der Waals surface area contributed by atoms with E-state index in [4.69, 9.17) is 14.2 Å². The summed E-state index contributed by atoms with van der Waals surface area (Å²) in [6.45, 7) is 0. The van der Waals surface area contributed by atoms with E-state index in [0.717, 1.165) is 0 Å². The van der Waals surface area contributed by atoms with Crippen LogP contribution in [0.2, 0.25) is 0 Å². The van der Waals surface area contributed by atoms with Crippen LogP contribution in [0.15, 0.2) is 41.5 Å². The number of carbonyl (C=O) groups is 1. The summed E-state index contributed by atoms with van der Waals surface area (Å²) in [4.78, 5) is 11.9. The second-order valence-corrected chi connectivity index (χ2v) is 4.70. The highest BCUT2D eigenvalue weighted by molar-refractivity contribution is 5.95. The predicted octanol–water partition coefficient (Wildman–Crippen LogP) is 2.18. The second kappa shape index (κ2) is 7.87. The maximum Gasteiger partial charge on any atom is 0.271 e. The molecule has 0 bridgehead atoms. The molecule has 2 aromatic rings. The normalized spacial score (nSPS) is 10.5. The number of carbonyl (C=O) groups excluding carboxylic acids is 1. The van der Waals surface area contributed by atoms with Gasteiger partial charge in [-0.1, -0.05) is 0 Å². The quantitative estimate of drug-likeness (QED) is 0.626. The van der Waals surface area contributed by atoms with Crippen molar-refractivity contribution in [2.24, 2.45) is 5.10 Å². The first-order chi connectivity index (χ1) is 11.6. The lowest BCUT2D eigenvalue weighted by molar-refractivity contribution is 0.0955. The number of aromatic hydroxyl groups is 1. The number of methoxy groups -OCH3 is 3. The molecule has 0 radical (unpaired) electrons. The molecule has 1 amide bonds. The van der Waals surface area contributed by atoms with Crippen molar-refractivity contribution in [3.05, 3.63) is 47.5 Å². The number of phenols is 1. The van der Waals surface area contributed by atoms with E-state index < -0.39 is 5.91 Å². The number of rotatable bonds is 6. The molecule has 0 spiro atoms. The van der Waals surface area contributed by atoms with Crippen LogP contribution in [-0.2, 0) is 0 Å². The maximum absolute atomic E-state index is 11.9. The Kier molecular flexibility index (Phi) is 5.62. The lowest BCUT2D eigenvalue weighted by Gasteiger charge is -2.11. The number of hydrogen-bond acceptors (Lipinski definition) is 6. The molecule has 2 N–H and O–H groups in total. The molecule has 2 rings (SSSR count). The van der Waals surface area contributed by atoms with Crippen LogP contribution >= 0.6 is 0 Å². The van der Waals surface area contributed by atoms with Crippen molar-refractivity contribution in [1.29, 1.82) is 0 Å². The Bertz CT molecular complexity index is 741. The Morgan fingerprint density at radius 3 is 2.17 bits per heavy atom. The Labute approximate surface area is 139 Å². The zero-order valence-corrected chi connectivity index (χ0v) is 13.6. The maximum atomic E-state index is 11.9. The summed E-state index contributed by atoms with van der Waals surface area (Å²) >= 11 is 0. The van der Waals surface area contributed by atoms with Crippen LogP contribution in [0.25, 0.3) is 0 Å². The van der Waals surface area contributed by atoms with Crippen molar-refractivity contribution in [3.8, 4) is 23.0 Å². The van der Waals surface area contributed by atoms with E-state index in [2.05, 4.69) is 10.5 Å². The first-order valence-electron chi connectivity index (χ1n) is 7.01. The van der Waals surface area contributed by atoms with Crippen molar-refractivity contribution in [3.63, 3.8) is 0 Å². The van der Waals surface area contributed by atoms with E-state index in [1.54, 1.807) is 12.1 Å². The van der Waals surface area contributed by atoms with Gasteiger partial charge >= 0.3 is 0 Å².